The molecule has 21 heavy (non-hydrogen) atoms. The fraction of sp³-hybridized carbons (Fsp3) is 0.412. The van der Waals surface area contributed by atoms with Crippen molar-refractivity contribution >= 4 is 0 Å². The zero-order valence-electron chi connectivity index (χ0n) is 12.8. The first kappa shape index (κ1) is 15.6. The smallest absolute Gasteiger partial charge is 0.146 e. The van der Waals surface area contributed by atoms with Crippen LogP contribution in [0.25, 0.3) is 0 Å². The van der Waals surface area contributed by atoms with Gasteiger partial charge in [-0.05, 0) is 37.1 Å². The van der Waals surface area contributed by atoms with Crippen LogP contribution in [0.15, 0.2) is 34.9 Å². The quantitative estimate of drug-likeness (QED) is 0.835. The monoisotopic (exact) mass is 291 g/mol. The molecule has 1 heterocycles. The molecule has 0 atom stereocenters. The van der Waals surface area contributed by atoms with E-state index in [1.54, 1.807) is 25.3 Å². The lowest BCUT2D eigenvalue weighted by molar-refractivity contribution is 0.267. The molecule has 0 aliphatic carbocycles. The van der Waals surface area contributed by atoms with Crippen molar-refractivity contribution in [3.8, 4) is 5.75 Å². The summed E-state index contributed by atoms with van der Waals surface area (Å²) < 4.78 is 24.5. The minimum atomic E-state index is -0.259. The molecular weight excluding hydrogens is 269 g/mol. The van der Waals surface area contributed by atoms with Gasteiger partial charge in [0, 0.05) is 18.2 Å². The van der Waals surface area contributed by atoms with E-state index in [1.165, 1.54) is 6.07 Å². The first-order valence-corrected chi connectivity index (χ1v) is 7.21. The van der Waals surface area contributed by atoms with Gasteiger partial charge < -0.3 is 14.5 Å². The van der Waals surface area contributed by atoms with Crippen molar-refractivity contribution in [3.63, 3.8) is 0 Å². The number of benzene rings is 1. The van der Waals surface area contributed by atoms with Gasteiger partial charge in [0.25, 0.3) is 0 Å². The summed E-state index contributed by atoms with van der Waals surface area (Å²) in [5, 5.41) is 3.37. The number of halogens is 1. The maximum absolute atomic E-state index is 13.5. The summed E-state index contributed by atoms with van der Waals surface area (Å²) in [5.41, 5.74) is 1.68. The van der Waals surface area contributed by atoms with Crippen LogP contribution in [-0.2, 0) is 13.2 Å². The molecule has 0 amide bonds. The Morgan fingerprint density at radius 1 is 1.29 bits per heavy atom. The molecule has 2 aromatic rings. The van der Waals surface area contributed by atoms with Crippen LogP contribution < -0.4 is 10.1 Å². The highest BCUT2D eigenvalue weighted by atomic mass is 19.1. The van der Waals surface area contributed by atoms with E-state index in [0.717, 1.165) is 24.4 Å². The van der Waals surface area contributed by atoms with Gasteiger partial charge in [0.1, 0.15) is 23.9 Å². The fourth-order valence-corrected chi connectivity index (χ4v) is 1.96. The molecule has 1 aromatic carbocycles. The maximum Gasteiger partial charge on any atom is 0.146 e. The van der Waals surface area contributed by atoms with Gasteiger partial charge in [-0.2, -0.15) is 0 Å². The first-order chi connectivity index (χ1) is 10.1. The second-order valence-corrected chi connectivity index (χ2v) is 5.59. The van der Waals surface area contributed by atoms with E-state index in [0.29, 0.717) is 23.8 Å². The van der Waals surface area contributed by atoms with Crippen molar-refractivity contribution in [1.82, 2.24) is 5.32 Å². The van der Waals surface area contributed by atoms with E-state index in [4.69, 9.17) is 9.15 Å². The van der Waals surface area contributed by atoms with Crippen LogP contribution in [0.1, 0.15) is 30.7 Å². The normalized spacial score (nSPS) is 11.1. The molecule has 0 aliphatic heterocycles. The average Bonchev–Trinajstić information content (AvgIpc) is 2.87. The van der Waals surface area contributed by atoms with Crippen molar-refractivity contribution < 1.29 is 13.5 Å². The molecule has 0 aliphatic rings. The van der Waals surface area contributed by atoms with Gasteiger partial charge in [0.2, 0.25) is 0 Å². The second-order valence-electron chi connectivity index (χ2n) is 5.59. The Labute approximate surface area is 125 Å². The molecule has 114 valence electrons. The largest absolute Gasteiger partial charge is 0.486 e. The molecule has 1 aromatic heterocycles. The van der Waals surface area contributed by atoms with Crippen molar-refractivity contribution in [2.24, 2.45) is 5.92 Å². The topological polar surface area (TPSA) is 34.4 Å². The molecule has 0 saturated heterocycles. The van der Waals surface area contributed by atoms with Gasteiger partial charge >= 0.3 is 0 Å². The van der Waals surface area contributed by atoms with E-state index < -0.39 is 0 Å². The Balaban J connectivity index is 1.91. The van der Waals surface area contributed by atoms with Gasteiger partial charge in [0.15, 0.2) is 0 Å². The Morgan fingerprint density at radius 2 is 2.10 bits per heavy atom. The number of ether oxygens (including phenoxy) is 1. The summed E-state index contributed by atoms with van der Waals surface area (Å²) in [4.78, 5) is 0. The highest BCUT2D eigenvalue weighted by Gasteiger charge is 2.08. The maximum atomic E-state index is 13.5. The van der Waals surface area contributed by atoms with Crippen LogP contribution in [0.3, 0.4) is 0 Å². The molecule has 0 radical (unpaired) electrons. The number of nitrogens with one attached hydrogen (secondary N) is 1. The highest BCUT2D eigenvalue weighted by Crippen LogP contribution is 2.19. The van der Waals surface area contributed by atoms with E-state index >= 15 is 0 Å². The molecule has 3 nitrogen and oxygen atoms in total. The summed E-state index contributed by atoms with van der Waals surface area (Å²) in [6, 6.07) is 6.80. The van der Waals surface area contributed by atoms with Crippen LogP contribution in [0.2, 0.25) is 0 Å². The Kier molecular flexibility index (Phi) is 5.39. The summed E-state index contributed by atoms with van der Waals surface area (Å²) >= 11 is 0. The molecular formula is C17H22FNO2. The van der Waals surface area contributed by atoms with Crippen molar-refractivity contribution in [3.05, 3.63) is 53.2 Å². The Hall–Kier alpha value is -1.81. The van der Waals surface area contributed by atoms with Crippen LogP contribution in [0.4, 0.5) is 4.39 Å². The van der Waals surface area contributed by atoms with E-state index in [9.17, 15) is 4.39 Å². The lowest BCUT2D eigenvalue weighted by Crippen LogP contribution is -2.19. The number of rotatable bonds is 7. The van der Waals surface area contributed by atoms with Crippen molar-refractivity contribution in [2.45, 2.75) is 33.9 Å². The first-order valence-electron chi connectivity index (χ1n) is 7.21. The van der Waals surface area contributed by atoms with Crippen LogP contribution in [0.5, 0.6) is 5.75 Å². The van der Waals surface area contributed by atoms with Gasteiger partial charge in [0.05, 0.1) is 6.26 Å². The third-order valence-electron chi connectivity index (χ3n) is 3.22. The van der Waals surface area contributed by atoms with Crippen LogP contribution >= 0.6 is 0 Å². The number of hydrogen-bond acceptors (Lipinski definition) is 3. The molecule has 0 bridgehead atoms. The standard InChI is InChI=1S/C17H22FNO2/c1-12(2)9-19-10-14-6-7-20-17(14)11-21-15-5-4-13(3)16(18)8-15/h4-8,12,19H,9-11H2,1-3H3. The molecule has 0 unspecified atom stereocenters. The summed E-state index contributed by atoms with van der Waals surface area (Å²) in [7, 11) is 0. The lowest BCUT2D eigenvalue weighted by atomic mass is 10.2. The SMILES string of the molecule is Cc1ccc(OCc2occc2CNCC(C)C)cc1F. The third-order valence-corrected chi connectivity index (χ3v) is 3.22. The van der Waals surface area contributed by atoms with Gasteiger partial charge in [-0.15, -0.1) is 0 Å². The molecule has 0 spiro atoms. The van der Waals surface area contributed by atoms with Gasteiger partial charge in [-0.3, -0.25) is 0 Å². The Bertz CT molecular complexity index is 578. The van der Waals surface area contributed by atoms with Gasteiger partial charge in [-0.25, -0.2) is 4.39 Å². The van der Waals surface area contributed by atoms with E-state index in [1.807, 2.05) is 6.07 Å². The fourth-order valence-electron chi connectivity index (χ4n) is 1.96. The zero-order chi connectivity index (χ0) is 15.2. The second kappa shape index (κ2) is 7.27. The number of aryl methyl sites for hydroxylation is 1. The number of furan rings is 1. The predicted molar refractivity (Wildman–Crippen MR) is 80.7 cm³/mol. The third kappa shape index (κ3) is 4.60. The summed E-state index contributed by atoms with van der Waals surface area (Å²) in [5.74, 6) is 1.63. The summed E-state index contributed by atoms with van der Waals surface area (Å²) in [6.07, 6.45) is 1.65. The number of hydrogen-bond donors (Lipinski definition) is 1. The van der Waals surface area contributed by atoms with Crippen molar-refractivity contribution in [1.29, 1.82) is 0 Å². The predicted octanol–water partition coefficient (Wildman–Crippen LogP) is 4.05. The minimum absolute atomic E-state index is 0.259. The van der Waals surface area contributed by atoms with E-state index in [2.05, 4.69) is 19.2 Å². The van der Waals surface area contributed by atoms with Crippen molar-refractivity contribution in [2.75, 3.05) is 6.54 Å². The average molecular weight is 291 g/mol. The molecule has 2 rings (SSSR count). The minimum Gasteiger partial charge on any atom is -0.486 e. The zero-order valence-corrected chi connectivity index (χ0v) is 12.8. The molecule has 0 fully saturated rings. The van der Waals surface area contributed by atoms with Crippen LogP contribution in [-0.4, -0.2) is 6.54 Å². The molecule has 1 N–H and O–H groups in total. The lowest BCUT2D eigenvalue weighted by Gasteiger charge is -2.09. The summed E-state index contributed by atoms with van der Waals surface area (Å²) in [6.45, 7) is 8.05. The highest BCUT2D eigenvalue weighted by molar-refractivity contribution is 5.28. The van der Waals surface area contributed by atoms with Gasteiger partial charge in [-0.1, -0.05) is 19.9 Å². The molecule has 4 heteroatoms. The Morgan fingerprint density at radius 3 is 2.81 bits per heavy atom. The molecule has 0 saturated carbocycles. The van der Waals surface area contributed by atoms with E-state index in [-0.39, 0.29) is 5.82 Å². The van der Waals surface area contributed by atoms with Crippen LogP contribution in [0, 0.1) is 18.7 Å².